The third kappa shape index (κ3) is 3.26. The van der Waals surface area contributed by atoms with E-state index >= 15 is 0 Å². The molecule has 0 amide bonds. The average molecular weight is 285 g/mol. The van der Waals surface area contributed by atoms with Crippen molar-refractivity contribution in [3.8, 4) is 5.75 Å². The lowest BCUT2D eigenvalue weighted by atomic mass is 9.86. The molecule has 1 saturated carbocycles. The second-order valence-electron chi connectivity index (χ2n) is 4.79. The van der Waals surface area contributed by atoms with E-state index in [1.165, 1.54) is 19.6 Å². The van der Waals surface area contributed by atoms with Crippen LogP contribution in [0.25, 0.3) is 0 Å². The number of aliphatic hydroxyl groups is 1. The summed E-state index contributed by atoms with van der Waals surface area (Å²) in [6.45, 7) is 0.268. The first kappa shape index (κ1) is 14.3. The van der Waals surface area contributed by atoms with Crippen LogP contribution in [-0.2, 0) is 16.6 Å². The van der Waals surface area contributed by atoms with Crippen molar-refractivity contribution in [2.75, 3.05) is 13.7 Å². The molecule has 19 heavy (non-hydrogen) atoms. The molecule has 0 aromatic heterocycles. The lowest BCUT2D eigenvalue weighted by Gasteiger charge is -2.25. The number of nitrogens with one attached hydrogen (secondary N) is 1. The number of rotatable bonds is 6. The summed E-state index contributed by atoms with van der Waals surface area (Å²) in [6.07, 6.45) is 3.34. The molecule has 0 spiro atoms. The predicted octanol–water partition coefficient (Wildman–Crippen LogP) is 1.27. The molecule has 0 atom stereocenters. The number of methoxy groups -OCH3 is 1. The monoisotopic (exact) mass is 285 g/mol. The molecular formula is C13H19NO4S. The van der Waals surface area contributed by atoms with Crippen molar-refractivity contribution in [3.63, 3.8) is 0 Å². The second-order valence-corrected chi connectivity index (χ2v) is 6.53. The topological polar surface area (TPSA) is 75.6 Å². The molecule has 0 heterocycles. The number of hydrogen-bond acceptors (Lipinski definition) is 4. The second kappa shape index (κ2) is 5.90. The Kier molecular flexibility index (Phi) is 4.44. The third-order valence-electron chi connectivity index (χ3n) is 3.49. The van der Waals surface area contributed by atoms with Gasteiger partial charge in [-0.25, -0.2) is 13.1 Å². The van der Waals surface area contributed by atoms with Gasteiger partial charge in [0.05, 0.1) is 13.7 Å². The van der Waals surface area contributed by atoms with E-state index in [4.69, 9.17) is 9.84 Å². The zero-order chi connectivity index (χ0) is 13.9. The first-order chi connectivity index (χ1) is 9.06. The SMILES string of the molecule is COc1ccc(CO)cc1S(=O)(=O)NCC1CCC1. The number of benzene rings is 1. The van der Waals surface area contributed by atoms with Gasteiger partial charge in [-0.1, -0.05) is 12.5 Å². The highest BCUT2D eigenvalue weighted by molar-refractivity contribution is 7.89. The van der Waals surface area contributed by atoms with Gasteiger partial charge in [0.2, 0.25) is 10.0 Å². The van der Waals surface area contributed by atoms with Gasteiger partial charge in [-0.05, 0) is 36.5 Å². The summed E-state index contributed by atoms with van der Waals surface area (Å²) in [7, 11) is -2.16. The Morgan fingerprint density at radius 2 is 2.16 bits per heavy atom. The fourth-order valence-corrected chi connectivity index (χ4v) is 3.37. The van der Waals surface area contributed by atoms with Gasteiger partial charge in [0.25, 0.3) is 0 Å². The minimum Gasteiger partial charge on any atom is -0.495 e. The molecule has 2 N–H and O–H groups in total. The maximum Gasteiger partial charge on any atom is 0.244 e. The summed E-state index contributed by atoms with van der Waals surface area (Å²) in [6, 6.07) is 4.65. The van der Waals surface area contributed by atoms with Gasteiger partial charge in [-0.3, -0.25) is 0 Å². The van der Waals surface area contributed by atoms with E-state index in [2.05, 4.69) is 4.72 Å². The van der Waals surface area contributed by atoms with E-state index < -0.39 is 10.0 Å². The van der Waals surface area contributed by atoms with Crippen LogP contribution < -0.4 is 9.46 Å². The Morgan fingerprint density at radius 3 is 2.68 bits per heavy atom. The van der Waals surface area contributed by atoms with Crippen LogP contribution in [0.2, 0.25) is 0 Å². The Labute approximate surface area is 113 Å². The highest BCUT2D eigenvalue weighted by Gasteiger charge is 2.23. The summed E-state index contributed by atoms with van der Waals surface area (Å²) in [5, 5.41) is 9.10. The van der Waals surface area contributed by atoms with Crippen LogP contribution in [0.1, 0.15) is 24.8 Å². The largest absolute Gasteiger partial charge is 0.495 e. The first-order valence-corrected chi connectivity index (χ1v) is 7.82. The molecule has 0 bridgehead atoms. The summed E-state index contributed by atoms with van der Waals surface area (Å²) < 4.78 is 32.2. The number of hydrogen-bond donors (Lipinski definition) is 2. The molecule has 106 valence electrons. The van der Waals surface area contributed by atoms with Crippen molar-refractivity contribution in [3.05, 3.63) is 23.8 Å². The van der Waals surface area contributed by atoms with Crippen molar-refractivity contribution in [2.45, 2.75) is 30.8 Å². The molecule has 0 aliphatic heterocycles. The van der Waals surface area contributed by atoms with E-state index in [9.17, 15) is 8.42 Å². The zero-order valence-electron chi connectivity index (χ0n) is 10.9. The van der Waals surface area contributed by atoms with Gasteiger partial charge >= 0.3 is 0 Å². The summed E-state index contributed by atoms with van der Waals surface area (Å²) in [5.74, 6) is 0.736. The Balaban J connectivity index is 2.21. The van der Waals surface area contributed by atoms with Crippen molar-refractivity contribution < 1.29 is 18.3 Å². The van der Waals surface area contributed by atoms with Crippen LogP contribution >= 0.6 is 0 Å². The Morgan fingerprint density at radius 1 is 1.42 bits per heavy atom. The van der Waals surface area contributed by atoms with Crippen LogP contribution in [0.3, 0.4) is 0 Å². The maximum absolute atomic E-state index is 12.3. The molecule has 0 saturated heterocycles. The summed E-state index contributed by atoms with van der Waals surface area (Å²) >= 11 is 0. The quantitative estimate of drug-likeness (QED) is 0.825. The smallest absolute Gasteiger partial charge is 0.244 e. The lowest BCUT2D eigenvalue weighted by Crippen LogP contribution is -2.32. The van der Waals surface area contributed by atoms with Crippen LogP contribution in [0.5, 0.6) is 5.75 Å². The molecule has 0 radical (unpaired) electrons. The molecule has 1 aromatic carbocycles. The van der Waals surface area contributed by atoms with Crippen LogP contribution in [0, 0.1) is 5.92 Å². The highest BCUT2D eigenvalue weighted by Crippen LogP contribution is 2.28. The predicted molar refractivity (Wildman–Crippen MR) is 71.4 cm³/mol. The minimum atomic E-state index is -3.59. The van der Waals surface area contributed by atoms with Crippen LogP contribution in [0.15, 0.2) is 23.1 Å². The number of sulfonamides is 1. The number of aliphatic hydroxyl groups excluding tert-OH is 1. The fourth-order valence-electron chi connectivity index (χ4n) is 2.03. The van der Waals surface area contributed by atoms with E-state index in [1.807, 2.05) is 0 Å². The minimum absolute atomic E-state index is 0.0841. The number of ether oxygens (including phenoxy) is 1. The van der Waals surface area contributed by atoms with E-state index in [0.29, 0.717) is 23.8 Å². The van der Waals surface area contributed by atoms with Crippen LogP contribution in [-0.4, -0.2) is 27.2 Å². The fraction of sp³-hybridized carbons (Fsp3) is 0.538. The van der Waals surface area contributed by atoms with E-state index in [1.54, 1.807) is 12.1 Å². The standard InChI is InChI=1S/C13H19NO4S/c1-18-12-6-5-11(9-15)7-13(12)19(16,17)14-8-10-3-2-4-10/h5-7,10,14-15H,2-4,8-9H2,1H3. The summed E-state index contributed by atoms with van der Waals surface area (Å²) in [5.41, 5.74) is 0.546. The van der Waals surface area contributed by atoms with Gasteiger partial charge in [0, 0.05) is 6.54 Å². The lowest BCUT2D eigenvalue weighted by molar-refractivity contribution is 0.281. The van der Waals surface area contributed by atoms with Gasteiger partial charge in [0.15, 0.2) is 0 Å². The first-order valence-electron chi connectivity index (χ1n) is 6.34. The van der Waals surface area contributed by atoms with E-state index in [0.717, 1.165) is 12.8 Å². The molecule has 1 fully saturated rings. The molecule has 1 aliphatic rings. The van der Waals surface area contributed by atoms with Crippen molar-refractivity contribution in [1.29, 1.82) is 0 Å². The third-order valence-corrected chi connectivity index (χ3v) is 4.93. The van der Waals surface area contributed by atoms with E-state index in [-0.39, 0.29) is 11.5 Å². The van der Waals surface area contributed by atoms with Gasteiger partial charge in [0.1, 0.15) is 10.6 Å². The molecule has 6 heteroatoms. The zero-order valence-corrected chi connectivity index (χ0v) is 11.7. The average Bonchev–Trinajstić information content (AvgIpc) is 2.36. The molecule has 0 unspecified atom stereocenters. The van der Waals surface area contributed by atoms with Crippen molar-refractivity contribution in [2.24, 2.45) is 5.92 Å². The molecule has 5 nitrogen and oxygen atoms in total. The normalized spacial score (nSPS) is 16.1. The van der Waals surface area contributed by atoms with Crippen LogP contribution in [0.4, 0.5) is 0 Å². The Bertz CT molecular complexity index is 538. The molecule has 2 rings (SSSR count). The molecule has 1 aromatic rings. The molecular weight excluding hydrogens is 266 g/mol. The Hall–Kier alpha value is -1.11. The molecule has 1 aliphatic carbocycles. The highest BCUT2D eigenvalue weighted by atomic mass is 32.2. The van der Waals surface area contributed by atoms with Crippen molar-refractivity contribution in [1.82, 2.24) is 4.72 Å². The summed E-state index contributed by atoms with van der Waals surface area (Å²) in [4.78, 5) is 0.0841. The van der Waals surface area contributed by atoms with Gasteiger partial charge in [-0.2, -0.15) is 0 Å². The maximum atomic E-state index is 12.3. The van der Waals surface area contributed by atoms with Gasteiger partial charge in [-0.15, -0.1) is 0 Å². The van der Waals surface area contributed by atoms with Gasteiger partial charge < -0.3 is 9.84 Å². The van der Waals surface area contributed by atoms with Crippen molar-refractivity contribution >= 4 is 10.0 Å².